The monoisotopic (exact) mass is 201 g/mol. The Labute approximate surface area is 87.3 Å². The van der Waals surface area contributed by atoms with Gasteiger partial charge in [-0.15, -0.1) is 0 Å². The van der Waals surface area contributed by atoms with Crippen molar-refractivity contribution in [2.75, 3.05) is 0 Å². The lowest BCUT2D eigenvalue weighted by Crippen LogP contribution is -2.14. The van der Waals surface area contributed by atoms with Crippen LogP contribution < -0.4 is 5.73 Å². The van der Waals surface area contributed by atoms with Gasteiger partial charge in [0, 0.05) is 6.20 Å². The molecule has 4 nitrogen and oxygen atoms in total. The van der Waals surface area contributed by atoms with Crippen molar-refractivity contribution in [2.24, 2.45) is 5.73 Å². The molecule has 0 aliphatic carbocycles. The number of carbonyl (C=O) groups excluding carboxylic acids is 1. The number of amides is 1. The molecule has 4 heteroatoms. The minimum atomic E-state index is -0.446. The third kappa shape index (κ3) is 1.74. The first-order chi connectivity index (χ1) is 7.18. The van der Waals surface area contributed by atoms with Crippen LogP contribution in [0.2, 0.25) is 0 Å². The van der Waals surface area contributed by atoms with E-state index < -0.39 is 5.91 Å². The molecule has 2 aromatic rings. The fourth-order valence-electron chi connectivity index (χ4n) is 1.43. The second kappa shape index (κ2) is 3.57. The lowest BCUT2D eigenvalue weighted by atomic mass is 10.2. The van der Waals surface area contributed by atoms with Gasteiger partial charge in [-0.1, -0.05) is 12.1 Å². The summed E-state index contributed by atoms with van der Waals surface area (Å²) in [7, 11) is 0. The predicted molar refractivity (Wildman–Crippen MR) is 56.8 cm³/mol. The van der Waals surface area contributed by atoms with Crippen LogP contribution in [0.4, 0.5) is 0 Å². The number of para-hydroxylation sites is 1. The molecule has 2 N–H and O–H groups in total. The minimum absolute atomic E-state index is 0.446. The van der Waals surface area contributed by atoms with Crippen molar-refractivity contribution in [1.82, 2.24) is 9.78 Å². The highest BCUT2D eigenvalue weighted by atomic mass is 16.1. The molecular weight excluding hydrogens is 190 g/mol. The highest BCUT2D eigenvalue weighted by molar-refractivity contribution is 5.96. The smallest absolute Gasteiger partial charge is 0.250 e. The normalized spacial score (nSPS) is 10.2. The van der Waals surface area contributed by atoms with Crippen LogP contribution in [0.1, 0.15) is 16.1 Å². The molecule has 76 valence electrons. The number of aromatic nitrogens is 2. The number of primary amides is 1. The van der Waals surface area contributed by atoms with Crippen molar-refractivity contribution in [3.05, 3.63) is 47.8 Å². The molecule has 1 amide bonds. The number of aryl methyl sites for hydroxylation is 1. The first-order valence-corrected chi connectivity index (χ1v) is 4.60. The molecular formula is C11H11N3O. The van der Waals surface area contributed by atoms with Crippen LogP contribution >= 0.6 is 0 Å². The molecule has 0 saturated heterocycles. The van der Waals surface area contributed by atoms with Gasteiger partial charge in [-0.2, -0.15) is 5.10 Å². The third-order valence-electron chi connectivity index (χ3n) is 2.14. The van der Waals surface area contributed by atoms with Crippen molar-refractivity contribution in [3.8, 4) is 5.69 Å². The second-order valence-electron chi connectivity index (χ2n) is 3.28. The van der Waals surface area contributed by atoms with Crippen LogP contribution in [0, 0.1) is 6.92 Å². The standard InChI is InChI=1S/C11H11N3O/c1-8-6-7-14(13-8)10-5-3-2-4-9(10)11(12)15/h2-7H,1H3,(H2,12,15). The summed E-state index contributed by atoms with van der Waals surface area (Å²) in [6.07, 6.45) is 1.80. The number of hydrogen-bond donors (Lipinski definition) is 1. The lowest BCUT2D eigenvalue weighted by molar-refractivity contribution is 0.1000. The molecule has 1 aromatic carbocycles. The third-order valence-corrected chi connectivity index (χ3v) is 2.14. The van der Waals surface area contributed by atoms with Gasteiger partial charge in [-0.25, -0.2) is 4.68 Å². The molecule has 1 aromatic heterocycles. The van der Waals surface area contributed by atoms with Gasteiger partial charge < -0.3 is 5.73 Å². The molecule has 0 fully saturated rings. The van der Waals surface area contributed by atoms with Gasteiger partial charge in [0.25, 0.3) is 5.91 Å². The van der Waals surface area contributed by atoms with Crippen molar-refractivity contribution >= 4 is 5.91 Å². The van der Waals surface area contributed by atoms with Crippen molar-refractivity contribution in [2.45, 2.75) is 6.92 Å². The van der Waals surface area contributed by atoms with Gasteiger partial charge in [0.2, 0.25) is 0 Å². The van der Waals surface area contributed by atoms with E-state index in [0.717, 1.165) is 5.69 Å². The molecule has 0 spiro atoms. The summed E-state index contributed by atoms with van der Waals surface area (Å²) in [5.41, 5.74) is 7.36. The summed E-state index contributed by atoms with van der Waals surface area (Å²) in [5, 5.41) is 4.23. The average Bonchev–Trinajstić information content (AvgIpc) is 2.65. The number of benzene rings is 1. The van der Waals surface area contributed by atoms with E-state index in [1.807, 2.05) is 25.1 Å². The van der Waals surface area contributed by atoms with Crippen LogP contribution in [-0.2, 0) is 0 Å². The van der Waals surface area contributed by atoms with Crippen molar-refractivity contribution in [3.63, 3.8) is 0 Å². The van der Waals surface area contributed by atoms with Crippen LogP contribution in [0.25, 0.3) is 5.69 Å². The zero-order valence-corrected chi connectivity index (χ0v) is 8.34. The van der Waals surface area contributed by atoms with E-state index in [9.17, 15) is 4.79 Å². The number of nitrogens with two attached hydrogens (primary N) is 1. The van der Waals surface area contributed by atoms with Crippen LogP contribution in [0.15, 0.2) is 36.5 Å². The number of nitrogens with zero attached hydrogens (tertiary/aromatic N) is 2. The maximum absolute atomic E-state index is 11.2. The summed E-state index contributed by atoms with van der Waals surface area (Å²) in [6, 6.07) is 9.00. The Hall–Kier alpha value is -2.10. The van der Waals surface area contributed by atoms with Crippen LogP contribution in [0.3, 0.4) is 0 Å². The first-order valence-electron chi connectivity index (χ1n) is 4.60. The average molecular weight is 201 g/mol. The minimum Gasteiger partial charge on any atom is -0.366 e. The Morgan fingerprint density at radius 1 is 1.33 bits per heavy atom. The van der Waals surface area contributed by atoms with E-state index in [4.69, 9.17) is 5.73 Å². The highest BCUT2D eigenvalue weighted by Gasteiger charge is 2.08. The number of hydrogen-bond acceptors (Lipinski definition) is 2. The van der Waals surface area contributed by atoms with Crippen LogP contribution in [0.5, 0.6) is 0 Å². The SMILES string of the molecule is Cc1ccn(-c2ccccc2C(N)=O)n1. The zero-order chi connectivity index (χ0) is 10.8. The van der Waals surface area contributed by atoms with Crippen LogP contribution in [-0.4, -0.2) is 15.7 Å². The maximum Gasteiger partial charge on any atom is 0.250 e. The van der Waals surface area contributed by atoms with E-state index >= 15 is 0 Å². The molecule has 0 radical (unpaired) electrons. The molecule has 1 heterocycles. The Bertz CT molecular complexity index is 502. The molecule has 0 unspecified atom stereocenters. The zero-order valence-electron chi connectivity index (χ0n) is 8.34. The quantitative estimate of drug-likeness (QED) is 0.795. The topological polar surface area (TPSA) is 60.9 Å². The molecule has 0 aliphatic rings. The molecule has 2 rings (SSSR count). The van der Waals surface area contributed by atoms with E-state index in [0.29, 0.717) is 11.3 Å². The fraction of sp³-hybridized carbons (Fsp3) is 0.0909. The number of carbonyl (C=O) groups is 1. The molecule has 0 bridgehead atoms. The Kier molecular flexibility index (Phi) is 2.25. The molecule has 0 saturated carbocycles. The Balaban J connectivity index is 2.57. The molecule has 15 heavy (non-hydrogen) atoms. The van der Waals surface area contributed by atoms with Crippen molar-refractivity contribution < 1.29 is 4.79 Å². The molecule has 0 aliphatic heterocycles. The first kappa shape index (κ1) is 9.45. The highest BCUT2D eigenvalue weighted by Crippen LogP contribution is 2.13. The Morgan fingerprint density at radius 3 is 2.67 bits per heavy atom. The van der Waals surface area contributed by atoms with Gasteiger partial charge in [-0.3, -0.25) is 4.79 Å². The predicted octanol–water partition coefficient (Wildman–Crippen LogP) is 1.28. The Morgan fingerprint density at radius 2 is 2.07 bits per heavy atom. The van der Waals surface area contributed by atoms with Gasteiger partial charge in [0.1, 0.15) is 0 Å². The van der Waals surface area contributed by atoms with Gasteiger partial charge in [0.15, 0.2) is 0 Å². The summed E-state index contributed by atoms with van der Waals surface area (Å²) in [5.74, 6) is -0.446. The maximum atomic E-state index is 11.2. The fourth-order valence-corrected chi connectivity index (χ4v) is 1.43. The van der Waals surface area contributed by atoms with E-state index in [1.165, 1.54) is 0 Å². The lowest BCUT2D eigenvalue weighted by Gasteiger charge is -2.05. The summed E-state index contributed by atoms with van der Waals surface area (Å²) < 4.78 is 1.65. The van der Waals surface area contributed by atoms with Crippen molar-refractivity contribution in [1.29, 1.82) is 0 Å². The van der Waals surface area contributed by atoms with Gasteiger partial charge >= 0.3 is 0 Å². The van der Waals surface area contributed by atoms with Gasteiger partial charge in [0.05, 0.1) is 16.9 Å². The number of rotatable bonds is 2. The molecule has 0 atom stereocenters. The second-order valence-corrected chi connectivity index (χ2v) is 3.28. The largest absolute Gasteiger partial charge is 0.366 e. The summed E-state index contributed by atoms with van der Waals surface area (Å²) >= 11 is 0. The summed E-state index contributed by atoms with van der Waals surface area (Å²) in [4.78, 5) is 11.2. The van der Waals surface area contributed by atoms with E-state index in [1.54, 1.807) is 23.0 Å². The van der Waals surface area contributed by atoms with E-state index in [2.05, 4.69) is 5.10 Å². The summed E-state index contributed by atoms with van der Waals surface area (Å²) in [6.45, 7) is 1.89. The van der Waals surface area contributed by atoms with E-state index in [-0.39, 0.29) is 0 Å². The van der Waals surface area contributed by atoms with Gasteiger partial charge in [-0.05, 0) is 25.1 Å².